The molecule has 12 heteroatoms. The van der Waals surface area contributed by atoms with E-state index in [1.54, 1.807) is 13.8 Å². The summed E-state index contributed by atoms with van der Waals surface area (Å²) >= 11 is 6.39. The topological polar surface area (TPSA) is 135 Å². The Morgan fingerprint density at radius 2 is 1.98 bits per heavy atom. The normalized spacial score (nSPS) is 17.8. The number of sulfone groups is 1. The highest BCUT2D eigenvalue weighted by Crippen LogP contribution is 2.39. The predicted molar refractivity (Wildman–Crippen MR) is 163 cm³/mol. The Hall–Kier alpha value is -2.89. The van der Waals surface area contributed by atoms with E-state index in [2.05, 4.69) is 56.6 Å². The summed E-state index contributed by atoms with van der Waals surface area (Å²) < 4.78 is 31.7. The van der Waals surface area contributed by atoms with Crippen LogP contribution in [0.3, 0.4) is 0 Å². The molecule has 1 aliphatic heterocycles. The van der Waals surface area contributed by atoms with E-state index in [0.29, 0.717) is 18.4 Å². The van der Waals surface area contributed by atoms with Crippen LogP contribution >= 0.6 is 11.6 Å². The lowest BCUT2D eigenvalue weighted by Gasteiger charge is -2.30. The molecule has 0 atom stereocenters. The fourth-order valence-corrected chi connectivity index (χ4v) is 5.69. The standard InChI is InChI=1S/C28H40ClN7O3S/c1-17(2)40(37,38)26(30)24(15-31-4)33-27-22(29)14-32-28(35-27)34-23-12-18(3)21(20-8-10-36(5)11-9-20)13-25(23)39-16-19-6-7-19/h12-15,17,19-20H,6-11,16,30H2,1-5H3,(H2,32,33,34,35). The van der Waals surface area contributed by atoms with Crippen molar-refractivity contribution in [3.8, 4) is 5.75 Å². The summed E-state index contributed by atoms with van der Waals surface area (Å²) in [7, 11) is -0.0553. The zero-order valence-electron chi connectivity index (χ0n) is 23.9. The number of hydrogen-bond acceptors (Lipinski definition) is 10. The molecule has 0 radical (unpaired) electrons. The van der Waals surface area contributed by atoms with Gasteiger partial charge in [0.1, 0.15) is 10.8 Å². The number of anilines is 3. The zero-order valence-corrected chi connectivity index (χ0v) is 25.4. The van der Waals surface area contributed by atoms with Crippen molar-refractivity contribution in [3.63, 3.8) is 0 Å². The van der Waals surface area contributed by atoms with Crippen LogP contribution in [0.5, 0.6) is 5.75 Å². The number of allylic oxidation sites excluding steroid dienone is 1. The van der Waals surface area contributed by atoms with Gasteiger partial charge >= 0.3 is 0 Å². The van der Waals surface area contributed by atoms with Crippen molar-refractivity contribution in [2.75, 3.05) is 44.4 Å². The number of piperidine rings is 1. The molecule has 10 nitrogen and oxygen atoms in total. The second-order valence-electron chi connectivity index (χ2n) is 10.9. The summed E-state index contributed by atoms with van der Waals surface area (Å²) in [5.74, 6) is 2.32. The van der Waals surface area contributed by atoms with Gasteiger partial charge in [-0.1, -0.05) is 11.6 Å². The number of ether oxygens (including phenoxy) is 1. The molecule has 218 valence electrons. The Morgan fingerprint density at radius 3 is 2.60 bits per heavy atom. The van der Waals surface area contributed by atoms with Gasteiger partial charge in [0, 0.05) is 13.3 Å². The SMILES string of the molecule is CN=CC(Nc1nc(Nc2cc(C)c(C3CCN(C)CC3)cc2OCC2CC2)ncc1Cl)=C(N)S(=O)(=O)C(C)C. The molecule has 0 bridgehead atoms. The first-order valence-corrected chi connectivity index (χ1v) is 15.6. The Morgan fingerprint density at radius 1 is 1.27 bits per heavy atom. The highest BCUT2D eigenvalue weighted by Gasteiger charge is 2.26. The summed E-state index contributed by atoms with van der Waals surface area (Å²) in [6, 6.07) is 4.25. The fourth-order valence-electron chi connectivity index (χ4n) is 4.63. The molecule has 40 heavy (non-hydrogen) atoms. The maximum atomic E-state index is 12.7. The van der Waals surface area contributed by atoms with Crippen LogP contribution in [0, 0.1) is 12.8 Å². The Kier molecular flexibility index (Phi) is 9.58. The fraction of sp³-hybridized carbons (Fsp3) is 0.536. The van der Waals surface area contributed by atoms with Gasteiger partial charge in [-0.3, -0.25) is 4.99 Å². The maximum Gasteiger partial charge on any atom is 0.229 e. The summed E-state index contributed by atoms with van der Waals surface area (Å²) in [6.45, 7) is 8.08. The third-order valence-corrected chi connectivity index (χ3v) is 9.74. The lowest BCUT2D eigenvalue weighted by atomic mass is 9.86. The molecule has 1 aliphatic carbocycles. The van der Waals surface area contributed by atoms with E-state index in [4.69, 9.17) is 22.1 Å². The predicted octanol–water partition coefficient (Wildman–Crippen LogP) is 4.84. The van der Waals surface area contributed by atoms with Crippen LogP contribution in [0.15, 0.2) is 34.0 Å². The van der Waals surface area contributed by atoms with E-state index in [1.165, 1.54) is 43.4 Å². The van der Waals surface area contributed by atoms with E-state index >= 15 is 0 Å². The van der Waals surface area contributed by atoms with Gasteiger partial charge in [0.25, 0.3) is 0 Å². The van der Waals surface area contributed by atoms with Crippen molar-refractivity contribution in [3.05, 3.63) is 45.2 Å². The molecular weight excluding hydrogens is 550 g/mol. The molecule has 4 rings (SSSR count). The number of aryl methyl sites for hydroxylation is 1. The number of benzene rings is 1. The average molecular weight is 590 g/mol. The van der Waals surface area contributed by atoms with Gasteiger partial charge in [0.2, 0.25) is 5.95 Å². The molecule has 4 N–H and O–H groups in total. The monoisotopic (exact) mass is 589 g/mol. The van der Waals surface area contributed by atoms with Crippen molar-refractivity contribution >= 4 is 45.1 Å². The number of nitrogens with two attached hydrogens (primary N) is 1. The number of aromatic nitrogens is 2. The van der Waals surface area contributed by atoms with E-state index in [1.807, 2.05) is 0 Å². The van der Waals surface area contributed by atoms with E-state index in [-0.39, 0.29) is 27.5 Å². The zero-order chi connectivity index (χ0) is 29.0. The van der Waals surface area contributed by atoms with Crippen molar-refractivity contribution in [2.24, 2.45) is 16.6 Å². The molecule has 1 saturated heterocycles. The largest absolute Gasteiger partial charge is 0.491 e. The van der Waals surface area contributed by atoms with Gasteiger partial charge < -0.3 is 26.0 Å². The van der Waals surface area contributed by atoms with Crippen molar-refractivity contribution < 1.29 is 13.2 Å². The second kappa shape index (κ2) is 12.7. The van der Waals surface area contributed by atoms with Crippen LogP contribution in [0.25, 0.3) is 0 Å². The molecule has 0 spiro atoms. The second-order valence-corrected chi connectivity index (χ2v) is 13.8. The average Bonchev–Trinajstić information content (AvgIpc) is 3.74. The summed E-state index contributed by atoms with van der Waals surface area (Å²) in [6.07, 6.45) is 7.39. The minimum Gasteiger partial charge on any atom is -0.491 e. The van der Waals surface area contributed by atoms with E-state index in [9.17, 15) is 8.42 Å². The molecule has 1 aromatic heterocycles. The molecule has 0 amide bonds. The molecule has 1 saturated carbocycles. The van der Waals surface area contributed by atoms with Crippen molar-refractivity contribution in [2.45, 2.75) is 57.6 Å². The molecule has 0 unspecified atom stereocenters. The third kappa shape index (κ3) is 7.24. The Balaban J connectivity index is 1.64. The number of hydrogen-bond donors (Lipinski definition) is 3. The van der Waals surface area contributed by atoms with Crippen molar-refractivity contribution in [1.29, 1.82) is 0 Å². The van der Waals surface area contributed by atoms with E-state index in [0.717, 1.165) is 37.4 Å². The number of rotatable bonds is 11. The number of aliphatic imine (C=N–C) groups is 1. The molecule has 2 aliphatic rings. The van der Waals surface area contributed by atoms with Gasteiger partial charge in [0.15, 0.2) is 20.7 Å². The van der Waals surface area contributed by atoms with Crippen LogP contribution in [0.4, 0.5) is 17.5 Å². The van der Waals surface area contributed by atoms with E-state index < -0.39 is 15.1 Å². The highest BCUT2D eigenvalue weighted by molar-refractivity contribution is 7.95. The lowest BCUT2D eigenvalue weighted by Crippen LogP contribution is -2.29. The number of nitrogens with zero attached hydrogens (tertiary/aromatic N) is 4. The molecule has 2 fully saturated rings. The number of nitrogens with one attached hydrogen (secondary N) is 2. The number of halogens is 1. The maximum absolute atomic E-state index is 12.7. The lowest BCUT2D eigenvalue weighted by molar-refractivity contribution is 0.254. The van der Waals surface area contributed by atoms with Crippen LogP contribution in [-0.4, -0.2) is 68.5 Å². The Bertz CT molecular complexity index is 1380. The molecule has 2 heterocycles. The van der Waals surface area contributed by atoms with Gasteiger partial charge in [-0.2, -0.15) is 4.98 Å². The highest BCUT2D eigenvalue weighted by atomic mass is 35.5. The first-order valence-electron chi connectivity index (χ1n) is 13.7. The minimum atomic E-state index is -3.74. The van der Waals surface area contributed by atoms with Crippen LogP contribution in [0.1, 0.15) is 56.6 Å². The summed E-state index contributed by atoms with van der Waals surface area (Å²) in [4.78, 5) is 15.2. The van der Waals surface area contributed by atoms with Crippen LogP contribution in [-0.2, 0) is 9.84 Å². The first kappa shape index (κ1) is 30.1. The Labute approximate surface area is 242 Å². The van der Waals surface area contributed by atoms with Gasteiger partial charge in [-0.25, -0.2) is 13.4 Å². The van der Waals surface area contributed by atoms with Crippen LogP contribution in [0.2, 0.25) is 5.02 Å². The number of likely N-dealkylation sites (tertiary alicyclic amines) is 1. The first-order chi connectivity index (χ1) is 19.0. The van der Waals surface area contributed by atoms with Gasteiger partial charge in [0.05, 0.1) is 29.4 Å². The smallest absolute Gasteiger partial charge is 0.229 e. The van der Waals surface area contributed by atoms with Gasteiger partial charge in [-0.15, -0.1) is 0 Å². The summed E-state index contributed by atoms with van der Waals surface area (Å²) in [5.41, 5.74) is 9.38. The molecule has 1 aromatic carbocycles. The third-order valence-electron chi connectivity index (χ3n) is 7.39. The summed E-state index contributed by atoms with van der Waals surface area (Å²) in [5, 5.41) is 5.37. The van der Waals surface area contributed by atoms with Gasteiger partial charge in [-0.05, 0) is 102 Å². The molecular formula is C28H40ClN7O3S. The quantitative estimate of drug-likeness (QED) is 0.314. The molecule has 2 aromatic rings. The minimum absolute atomic E-state index is 0.0783. The van der Waals surface area contributed by atoms with Crippen molar-refractivity contribution in [1.82, 2.24) is 14.9 Å². The van der Waals surface area contributed by atoms with Crippen LogP contribution < -0.4 is 21.1 Å².